The molecule has 0 saturated heterocycles. The minimum absolute atomic E-state index is 0.705. The molecule has 6 aromatic carbocycles. The van der Waals surface area contributed by atoms with Crippen LogP contribution in [0.5, 0.6) is 0 Å². The molecule has 41 heavy (non-hydrogen) atoms. The lowest BCUT2D eigenvalue weighted by Crippen LogP contribution is -1.99. The third-order valence-electron chi connectivity index (χ3n) is 7.47. The van der Waals surface area contributed by atoms with E-state index in [9.17, 15) is 0 Å². The van der Waals surface area contributed by atoms with Crippen LogP contribution >= 0.6 is 0 Å². The highest BCUT2D eigenvalue weighted by molar-refractivity contribution is 6.32. The molecule has 0 atom stereocenters. The second kappa shape index (κ2) is 10.7. The molecule has 0 amide bonds. The van der Waals surface area contributed by atoms with E-state index in [-0.39, 0.29) is 0 Å². The molecular formula is C38H25BN2. The van der Waals surface area contributed by atoms with Gasteiger partial charge in [-0.3, -0.25) is 0 Å². The SMILES string of the molecule is [B]c1ccc(-c2ccc(-c3cc(-c4ccc(-c5ccccc5)cc4)nc(-c4ccccc4)n3)c3ccccc23)cc1. The summed E-state index contributed by atoms with van der Waals surface area (Å²) in [5, 5.41) is 2.31. The van der Waals surface area contributed by atoms with Gasteiger partial charge in [0.1, 0.15) is 7.85 Å². The van der Waals surface area contributed by atoms with Crippen molar-refractivity contribution in [1.82, 2.24) is 9.97 Å². The van der Waals surface area contributed by atoms with Gasteiger partial charge in [-0.1, -0.05) is 151 Å². The molecule has 0 spiro atoms. The molecule has 0 unspecified atom stereocenters. The molecule has 0 aliphatic rings. The number of hydrogen-bond acceptors (Lipinski definition) is 2. The highest BCUT2D eigenvalue weighted by Gasteiger charge is 2.15. The first kappa shape index (κ1) is 24.7. The van der Waals surface area contributed by atoms with Crippen molar-refractivity contribution in [2.45, 2.75) is 0 Å². The van der Waals surface area contributed by atoms with Crippen molar-refractivity contribution in [1.29, 1.82) is 0 Å². The minimum Gasteiger partial charge on any atom is -0.228 e. The summed E-state index contributed by atoms with van der Waals surface area (Å²) in [4.78, 5) is 10.1. The standard InChI is InChI=1S/C38H25BN2/c39-31-21-19-28(20-22-31)32-23-24-35(34-14-8-7-13-33(32)34)37-25-36(40-38(41-37)30-11-5-2-6-12-30)29-17-15-27(16-18-29)26-9-3-1-4-10-26/h1-25H. The zero-order valence-electron chi connectivity index (χ0n) is 22.4. The fraction of sp³-hybridized carbons (Fsp3) is 0. The largest absolute Gasteiger partial charge is 0.228 e. The van der Waals surface area contributed by atoms with Crippen LogP contribution in [0, 0.1) is 0 Å². The number of benzene rings is 6. The normalized spacial score (nSPS) is 11.0. The summed E-state index contributed by atoms with van der Waals surface area (Å²) < 4.78 is 0. The maximum absolute atomic E-state index is 5.97. The molecule has 0 saturated carbocycles. The smallest absolute Gasteiger partial charge is 0.160 e. The Hall–Kier alpha value is -5.28. The van der Waals surface area contributed by atoms with Gasteiger partial charge in [-0.15, -0.1) is 0 Å². The highest BCUT2D eigenvalue weighted by Crippen LogP contribution is 2.37. The van der Waals surface area contributed by atoms with E-state index in [1.807, 2.05) is 36.4 Å². The van der Waals surface area contributed by atoms with Crippen LogP contribution in [0.4, 0.5) is 0 Å². The molecule has 2 nitrogen and oxygen atoms in total. The Labute approximate surface area is 241 Å². The summed E-state index contributed by atoms with van der Waals surface area (Å²) in [6, 6.07) is 52.2. The molecule has 1 heterocycles. The van der Waals surface area contributed by atoms with E-state index in [4.69, 9.17) is 17.8 Å². The fourth-order valence-electron chi connectivity index (χ4n) is 5.35. The number of aromatic nitrogens is 2. The van der Waals surface area contributed by atoms with E-state index in [2.05, 4.69) is 115 Å². The van der Waals surface area contributed by atoms with Gasteiger partial charge in [-0.05, 0) is 39.1 Å². The predicted molar refractivity (Wildman–Crippen MR) is 172 cm³/mol. The molecule has 2 radical (unpaired) electrons. The van der Waals surface area contributed by atoms with E-state index >= 15 is 0 Å². The van der Waals surface area contributed by atoms with Crippen LogP contribution in [0.1, 0.15) is 0 Å². The molecule has 0 N–H and O–H groups in total. The molecule has 0 fully saturated rings. The van der Waals surface area contributed by atoms with Crippen molar-refractivity contribution >= 4 is 24.1 Å². The summed E-state index contributed by atoms with van der Waals surface area (Å²) in [6.45, 7) is 0. The average molecular weight is 520 g/mol. The van der Waals surface area contributed by atoms with Crippen LogP contribution in [-0.2, 0) is 0 Å². The first-order valence-electron chi connectivity index (χ1n) is 13.7. The van der Waals surface area contributed by atoms with E-state index in [0.717, 1.165) is 44.5 Å². The van der Waals surface area contributed by atoms with E-state index < -0.39 is 0 Å². The van der Waals surface area contributed by atoms with Crippen molar-refractivity contribution in [2.24, 2.45) is 0 Å². The third kappa shape index (κ3) is 4.94. The van der Waals surface area contributed by atoms with E-state index in [0.29, 0.717) is 5.82 Å². The number of fused-ring (bicyclic) bond motifs is 1. The number of nitrogens with zero attached hydrogens (tertiary/aromatic N) is 2. The fourth-order valence-corrected chi connectivity index (χ4v) is 5.35. The van der Waals surface area contributed by atoms with Crippen molar-refractivity contribution in [3.8, 4) is 56.2 Å². The minimum atomic E-state index is 0.705. The second-order valence-electron chi connectivity index (χ2n) is 10.1. The van der Waals surface area contributed by atoms with Crippen molar-refractivity contribution < 1.29 is 0 Å². The van der Waals surface area contributed by atoms with Crippen LogP contribution in [0.25, 0.3) is 66.9 Å². The van der Waals surface area contributed by atoms with Crippen LogP contribution in [0.3, 0.4) is 0 Å². The molecule has 7 rings (SSSR count). The van der Waals surface area contributed by atoms with Crippen LogP contribution in [0.2, 0.25) is 0 Å². The number of rotatable bonds is 5. The summed E-state index contributed by atoms with van der Waals surface area (Å²) >= 11 is 0. The number of hydrogen-bond donors (Lipinski definition) is 0. The van der Waals surface area contributed by atoms with Gasteiger partial charge in [0, 0.05) is 16.7 Å². The second-order valence-corrected chi connectivity index (χ2v) is 10.1. The van der Waals surface area contributed by atoms with Gasteiger partial charge in [0.25, 0.3) is 0 Å². The highest BCUT2D eigenvalue weighted by atomic mass is 14.9. The lowest BCUT2D eigenvalue weighted by Gasteiger charge is -2.14. The molecule has 0 bridgehead atoms. The van der Waals surface area contributed by atoms with Gasteiger partial charge in [0.2, 0.25) is 0 Å². The van der Waals surface area contributed by atoms with E-state index in [1.165, 1.54) is 22.1 Å². The summed E-state index contributed by atoms with van der Waals surface area (Å²) in [7, 11) is 5.97. The summed E-state index contributed by atoms with van der Waals surface area (Å²) in [6.07, 6.45) is 0. The Morgan fingerprint density at radius 3 is 1.54 bits per heavy atom. The molecule has 0 aliphatic heterocycles. The molecule has 1 aromatic heterocycles. The van der Waals surface area contributed by atoms with Gasteiger partial charge < -0.3 is 0 Å². The Morgan fingerprint density at radius 2 is 0.854 bits per heavy atom. The maximum Gasteiger partial charge on any atom is 0.160 e. The first-order chi connectivity index (χ1) is 20.2. The van der Waals surface area contributed by atoms with Gasteiger partial charge in [-0.25, -0.2) is 9.97 Å². The first-order valence-corrected chi connectivity index (χ1v) is 13.7. The van der Waals surface area contributed by atoms with Gasteiger partial charge in [-0.2, -0.15) is 0 Å². The Kier molecular flexibility index (Phi) is 6.46. The van der Waals surface area contributed by atoms with Gasteiger partial charge in [0.05, 0.1) is 11.4 Å². The summed E-state index contributed by atoms with van der Waals surface area (Å²) in [5.41, 5.74) is 10.3. The van der Waals surface area contributed by atoms with Crippen molar-refractivity contribution in [3.63, 3.8) is 0 Å². The Morgan fingerprint density at radius 1 is 0.366 bits per heavy atom. The van der Waals surface area contributed by atoms with Crippen LogP contribution < -0.4 is 5.46 Å². The predicted octanol–water partition coefficient (Wildman–Crippen LogP) is 8.76. The quantitative estimate of drug-likeness (QED) is 0.212. The van der Waals surface area contributed by atoms with Crippen LogP contribution in [0.15, 0.2) is 152 Å². The van der Waals surface area contributed by atoms with Crippen LogP contribution in [-0.4, -0.2) is 17.8 Å². The van der Waals surface area contributed by atoms with Crippen molar-refractivity contribution in [3.05, 3.63) is 152 Å². The monoisotopic (exact) mass is 520 g/mol. The molecule has 190 valence electrons. The molecule has 0 aliphatic carbocycles. The molecular weight excluding hydrogens is 495 g/mol. The zero-order chi connectivity index (χ0) is 27.6. The lowest BCUT2D eigenvalue weighted by atomic mass is 9.90. The molecule has 3 heteroatoms. The van der Waals surface area contributed by atoms with Gasteiger partial charge in [0.15, 0.2) is 5.82 Å². The Balaban J connectivity index is 1.39. The van der Waals surface area contributed by atoms with Crippen molar-refractivity contribution in [2.75, 3.05) is 0 Å². The third-order valence-corrected chi connectivity index (χ3v) is 7.47. The zero-order valence-corrected chi connectivity index (χ0v) is 22.4. The van der Waals surface area contributed by atoms with E-state index in [1.54, 1.807) is 0 Å². The average Bonchev–Trinajstić information content (AvgIpc) is 3.05. The maximum atomic E-state index is 5.97. The Bertz CT molecular complexity index is 1970. The topological polar surface area (TPSA) is 25.8 Å². The lowest BCUT2D eigenvalue weighted by molar-refractivity contribution is 1.18. The molecule has 7 aromatic rings. The van der Waals surface area contributed by atoms with Gasteiger partial charge >= 0.3 is 0 Å². The summed E-state index contributed by atoms with van der Waals surface area (Å²) in [5.74, 6) is 0.705.